The highest BCUT2D eigenvalue weighted by atomic mass is 35.5. The fourth-order valence-electron chi connectivity index (χ4n) is 3.36. The third kappa shape index (κ3) is 3.56. The van der Waals surface area contributed by atoms with Crippen LogP contribution in [0.25, 0.3) is 0 Å². The van der Waals surface area contributed by atoms with E-state index < -0.39 is 0 Å². The van der Waals surface area contributed by atoms with Crippen molar-refractivity contribution in [2.45, 2.75) is 38.3 Å². The minimum absolute atomic E-state index is 0.0492. The van der Waals surface area contributed by atoms with E-state index in [0.29, 0.717) is 36.4 Å². The molecule has 6 heteroatoms. The second-order valence-electron chi connectivity index (χ2n) is 6.36. The van der Waals surface area contributed by atoms with Crippen molar-refractivity contribution in [1.29, 1.82) is 0 Å². The molecule has 23 heavy (non-hydrogen) atoms. The number of likely N-dealkylation sites (tertiary alicyclic amines) is 1. The Bertz CT molecular complexity index is 571. The first-order valence-electron chi connectivity index (χ1n) is 8.21. The number of aliphatic hydroxyl groups excluding tert-OH is 1. The van der Waals surface area contributed by atoms with Gasteiger partial charge in [-0.15, -0.1) is 0 Å². The van der Waals surface area contributed by atoms with E-state index in [1.165, 1.54) is 0 Å². The van der Waals surface area contributed by atoms with Gasteiger partial charge in [0, 0.05) is 25.1 Å². The number of nitrogens with one attached hydrogen (secondary N) is 1. The number of amides is 2. The van der Waals surface area contributed by atoms with E-state index >= 15 is 0 Å². The van der Waals surface area contributed by atoms with Gasteiger partial charge in [-0.2, -0.15) is 0 Å². The maximum Gasteiger partial charge on any atom is 0.317 e. The quantitative estimate of drug-likeness (QED) is 0.871. The molecule has 1 saturated heterocycles. The summed E-state index contributed by atoms with van der Waals surface area (Å²) in [6, 6.07) is 5.51. The maximum atomic E-state index is 12.5. The number of para-hydroxylation sites is 1. The summed E-state index contributed by atoms with van der Waals surface area (Å²) in [6.45, 7) is 3.74. The molecule has 2 amide bonds. The number of halogens is 1. The standard InChI is InChI=1S/C17H23ClN2O3/c1-11(21)12-5-8-20(9-6-12)17(22)19-15-7-10-23-16-13(15)3-2-4-14(16)18/h2-4,11-12,15,21H,5-10H2,1H3,(H,19,22). The Labute approximate surface area is 141 Å². The van der Waals surface area contributed by atoms with Crippen molar-refractivity contribution in [3.05, 3.63) is 28.8 Å². The predicted molar refractivity (Wildman–Crippen MR) is 88.8 cm³/mol. The molecule has 2 aliphatic rings. The average molecular weight is 339 g/mol. The van der Waals surface area contributed by atoms with Gasteiger partial charge in [0.1, 0.15) is 5.75 Å². The number of hydrogen-bond donors (Lipinski definition) is 2. The number of benzene rings is 1. The normalized spacial score (nSPS) is 22.9. The summed E-state index contributed by atoms with van der Waals surface area (Å²) >= 11 is 6.17. The highest BCUT2D eigenvalue weighted by Crippen LogP contribution is 2.37. The molecule has 2 heterocycles. The minimum Gasteiger partial charge on any atom is -0.492 e. The van der Waals surface area contributed by atoms with E-state index in [-0.39, 0.29) is 18.2 Å². The number of carbonyl (C=O) groups excluding carboxylic acids is 1. The number of hydrogen-bond acceptors (Lipinski definition) is 3. The topological polar surface area (TPSA) is 61.8 Å². The zero-order chi connectivity index (χ0) is 16.4. The number of urea groups is 1. The Hall–Kier alpha value is -1.46. The van der Waals surface area contributed by atoms with E-state index in [0.717, 1.165) is 24.8 Å². The predicted octanol–water partition coefficient (Wildman–Crippen LogP) is 2.97. The van der Waals surface area contributed by atoms with Crippen LogP contribution >= 0.6 is 11.6 Å². The summed E-state index contributed by atoms with van der Waals surface area (Å²) in [4.78, 5) is 14.3. The summed E-state index contributed by atoms with van der Waals surface area (Å²) in [5.74, 6) is 0.972. The van der Waals surface area contributed by atoms with Gasteiger partial charge in [0.2, 0.25) is 0 Å². The molecule has 126 valence electrons. The van der Waals surface area contributed by atoms with Crippen LogP contribution < -0.4 is 10.1 Å². The summed E-state index contributed by atoms with van der Waals surface area (Å²) in [6.07, 6.45) is 2.14. The van der Waals surface area contributed by atoms with Gasteiger partial charge in [-0.25, -0.2) is 4.79 Å². The van der Waals surface area contributed by atoms with Crippen LogP contribution in [0.4, 0.5) is 4.79 Å². The monoisotopic (exact) mass is 338 g/mol. The molecule has 0 aromatic heterocycles. The van der Waals surface area contributed by atoms with Crippen LogP contribution in [0, 0.1) is 5.92 Å². The van der Waals surface area contributed by atoms with E-state index in [4.69, 9.17) is 16.3 Å². The molecule has 0 radical (unpaired) electrons. The number of ether oxygens (including phenoxy) is 1. The van der Waals surface area contributed by atoms with E-state index in [9.17, 15) is 9.90 Å². The first-order chi connectivity index (χ1) is 11.1. The summed E-state index contributed by atoms with van der Waals surface area (Å²) in [5, 5.41) is 13.3. The lowest BCUT2D eigenvalue weighted by Crippen LogP contribution is -2.47. The molecule has 5 nitrogen and oxygen atoms in total. The number of rotatable bonds is 2. The molecule has 0 aliphatic carbocycles. The van der Waals surface area contributed by atoms with Crippen molar-refractivity contribution in [2.75, 3.05) is 19.7 Å². The van der Waals surface area contributed by atoms with E-state index in [2.05, 4.69) is 5.32 Å². The molecule has 2 atom stereocenters. The minimum atomic E-state index is -0.301. The summed E-state index contributed by atoms with van der Waals surface area (Å²) in [7, 11) is 0. The lowest BCUT2D eigenvalue weighted by molar-refractivity contribution is 0.0789. The average Bonchev–Trinajstić information content (AvgIpc) is 2.56. The molecule has 2 N–H and O–H groups in total. The summed E-state index contributed by atoms with van der Waals surface area (Å²) in [5.41, 5.74) is 0.941. The van der Waals surface area contributed by atoms with Crippen molar-refractivity contribution in [3.8, 4) is 5.75 Å². The van der Waals surface area contributed by atoms with Gasteiger partial charge in [-0.05, 0) is 31.7 Å². The van der Waals surface area contributed by atoms with Gasteiger partial charge in [0.15, 0.2) is 0 Å². The van der Waals surface area contributed by atoms with Gasteiger partial charge >= 0.3 is 6.03 Å². The number of fused-ring (bicyclic) bond motifs is 1. The second-order valence-corrected chi connectivity index (χ2v) is 6.77. The van der Waals surface area contributed by atoms with E-state index in [1.54, 1.807) is 6.07 Å². The van der Waals surface area contributed by atoms with E-state index in [1.807, 2.05) is 24.0 Å². The van der Waals surface area contributed by atoms with Crippen molar-refractivity contribution in [2.24, 2.45) is 5.92 Å². The Morgan fingerprint density at radius 2 is 2.13 bits per heavy atom. The van der Waals surface area contributed by atoms with Gasteiger partial charge < -0.3 is 20.1 Å². The van der Waals surface area contributed by atoms with Gasteiger partial charge in [0.25, 0.3) is 0 Å². The smallest absolute Gasteiger partial charge is 0.317 e. The van der Waals surface area contributed by atoms with Crippen molar-refractivity contribution in [3.63, 3.8) is 0 Å². The fraction of sp³-hybridized carbons (Fsp3) is 0.588. The third-order valence-corrected chi connectivity index (χ3v) is 5.13. The van der Waals surface area contributed by atoms with Gasteiger partial charge in [-0.3, -0.25) is 0 Å². The number of piperidine rings is 1. The molecular weight excluding hydrogens is 316 g/mol. The molecule has 1 aromatic carbocycles. The largest absolute Gasteiger partial charge is 0.492 e. The van der Waals surface area contributed by atoms with Crippen LogP contribution in [0.2, 0.25) is 5.02 Å². The number of nitrogens with zero attached hydrogens (tertiary/aromatic N) is 1. The van der Waals surface area contributed by atoms with Crippen molar-refractivity contribution < 1.29 is 14.6 Å². The Kier molecular flexibility index (Phi) is 4.97. The van der Waals surface area contributed by atoms with Crippen LogP contribution in [-0.4, -0.2) is 41.8 Å². The Morgan fingerprint density at radius 3 is 2.83 bits per heavy atom. The van der Waals surface area contributed by atoms with Crippen LogP contribution in [0.3, 0.4) is 0 Å². The molecule has 0 saturated carbocycles. The number of carbonyl (C=O) groups is 1. The molecule has 1 fully saturated rings. The first kappa shape index (κ1) is 16.4. The van der Waals surface area contributed by atoms with Crippen LogP contribution in [0.15, 0.2) is 18.2 Å². The third-order valence-electron chi connectivity index (χ3n) is 4.83. The second kappa shape index (κ2) is 6.97. The summed E-state index contributed by atoms with van der Waals surface area (Å²) < 4.78 is 5.63. The SMILES string of the molecule is CC(O)C1CCN(C(=O)NC2CCOc3c(Cl)cccc32)CC1. The highest BCUT2D eigenvalue weighted by molar-refractivity contribution is 6.32. The molecule has 0 spiro atoms. The Morgan fingerprint density at radius 1 is 1.39 bits per heavy atom. The molecule has 1 aromatic rings. The lowest BCUT2D eigenvalue weighted by atomic mass is 9.92. The fourth-order valence-corrected chi connectivity index (χ4v) is 3.60. The zero-order valence-corrected chi connectivity index (χ0v) is 14.1. The maximum absolute atomic E-state index is 12.5. The zero-order valence-electron chi connectivity index (χ0n) is 13.3. The van der Waals surface area contributed by atoms with Crippen LogP contribution in [-0.2, 0) is 0 Å². The van der Waals surface area contributed by atoms with Crippen molar-refractivity contribution in [1.82, 2.24) is 10.2 Å². The molecule has 0 bridgehead atoms. The molecule has 2 aliphatic heterocycles. The molecule has 2 unspecified atom stereocenters. The molecule has 3 rings (SSSR count). The first-order valence-corrected chi connectivity index (χ1v) is 8.58. The Balaban J connectivity index is 1.63. The molecular formula is C17H23ClN2O3. The van der Waals surface area contributed by atoms with Crippen LogP contribution in [0.5, 0.6) is 5.75 Å². The van der Waals surface area contributed by atoms with Crippen LogP contribution in [0.1, 0.15) is 37.8 Å². The van der Waals surface area contributed by atoms with Gasteiger partial charge in [-0.1, -0.05) is 23.7 Å². The van der Waals surface area contributed by atoms with Gasteiger partial charge in [0.05, 0.1) is 23.8 Å². The highest BCUT2D eigenvalue weighted by Gasteiger charge is 2.29. The number of aliphatic hydroxyl groups is 1. The lowest BCUT2D eigenvalue weighted by Gasteiger charge is -2.35. The van der Waals surface area contributed by atoms with Crippen molar-refractivity contribution >= 4 is 17.6 Å².